The summed E-state index contributed by atoms with van der Waals surface area (Å²) in [5.74, 6) is 2.11. The van der Waals surface area contributed by atoms with Crippen molar-refractivity contribution < 1.29 is 17.6 Å². The van der Waals surface area contributed by atoms with Crippen molar-refractivity contribution in [3.05, 3.63) is 59.5 Å². The number of amides is 2. The van der Waals surface area contributed by atoms with Crippen LogP contribution in [0, 0.1) is 25.1 Å². The number of benzene rings is 2. The summed E-state index contributed by atoms with van der Waals surface area (Å²) in [4.78, 5) is 20.4. The zero-order chi connectivity index (χ0) is 23.0. The number of nitrogens with zero attached hydrogens (tertiary/aromatic N) is 3. The molecule has 0 saturated carbocycles. The number of aryl methyl sites for hydroxylation is 1. The third-order valence-electron chi connectivity index (χ3n) is 5.08. The predicted molar refractivity (Wildman–Crippen MR) is 123 cm³/mol. The number of urea groups is 1. The molecule has 1 saturated heterocycles. The average Bonchev–Trinajstić information content (AvgIpc) is 3.16. The van der Waals surface area contributed by atoms with Crippen LogP contribution in [0.5, 0.6) is 0 Å². The van der Waals surface area contributed by atoms with Crippen molar-refractivity contribution in [2.75, 3.05) is 22.9 Å². The molecule has 0 bridgehead atoms. The normalized spacial score (nSPS) is 14.5. The lowest BCUT2D eigenvalue weighted by atomic mass is 10.0. The number of carbonyl (C=O) groups is 1. The molecule has 1 aliphatic rings. The van der Waals surface area contributed by atoms with Gasteiger partial charge in [-0.05, 0) is 49.2 Å². The van der Waals surface area contributed by atoms with Crippen molar-refractivity contribution in [3.63, 3.8) is 0 Å². The van der Waals surface area contributed by atoms with Gasteiger partial charge in [-0.3, -0.25) is 9.80 Å². The van der Waals surface area contributed by atoms with Gasteiger partial charge < -0.3 is 0 Å². The molecule has 2 amide bonds. The van der Waals surface area contributed by atoms with E-state index in [-0.39, 0.29) is 26.9 Å². The lowest BCUT2D eigenvalue weighted by Gasteiger charge is -2.34. The van der Waals surface area contributed by atoms with Crippen molar-refractivity contribution in [1.82, 2.24) is 4.98 Å². The smallest absolute Gasteiger partial charge is 0.294 e. The molecule has 0 spiro atoms. The number of sulfonamides is 1. The van der Waals surface area contributed by atoms with Gasteiger partial charge in [0.2, 0.25) is 10.0 Å². The Morgan fingerprint density at radius 2 is 1.84 bits per heavy atom. The summed E-state index contributed by atoms with van der Waals surface area (Å²) >= 11 is 0.875. The van der Waals surface area contributed by atoms with Gasteiger partial charge in [0.1, 0.15) is 5.82 Å². The molecule has 0 unspecified atom stereocenters. The van der Waals surface area contributed by atoms with Crippen LogP contribution in [-0.4, -0.2) is 32.5 Å². The van der Waals surface area contributed by atoms with Crippen molar-refractivity contribution in [2.45, 2.75) is 17.6 Å². The minimum atomic E-state index is -3.91. The summed E-state index contributed by atoms with van der Waals surface area (Å²) in [6, 6.07) is 11.1. The van der Waals surface area contributed by atoms with Gasteiger partial charge in [0.15, 0.2) is 9.34 Å². The number of primary sulfonamides is 1. The van der Waals surface area contributed by atoms with Gasteiger partial charge in [0.25, 0.3) is 0 Å². The molecule has 164 valence electrons. The van der Waals surface area contributed by atoms with Crippen LogP contribution in [0.4, 0.5) is 20.0 Å². The van der Waals surface area contributed by atoms with Crippen molar-refractivity contribution in [3.8, 4) is 23.5 Å². The highest BCUT2D eigenvalue weighted by atomic mass is 32.2. The molecule has 1 aliphatic heterocycles. The second-order valence-electron chi connectivity index (χ2n) is 7.24. The fraction of sp³-hybridized carbons (Fsp3) is 0.182. The quantitative estimate of drug-likeness (QED) is 0.588. The second kappa shape index (κ2) is 8.35. The molecule has 10 heteroatoms. The number of anilines is 2. The van der Waals surface area contributed by atoms with Gasteiger partial charge in [0.05, 0.1) is 5.69 Å². The highest BCUT2D eigenvalue weighted by Gasteiger charge is 2.31. The topological polar surface area (TPSA) is 96.6 Å². The Morgan fingerprint density at radius 3 is 2.47 bits per heavy atom. The van der Waals surface area contributed by atoms with Crippen LogP contribution in [0.15, 0.2) is 46.7 Å². The Morgan fingerprint density at radius 1 is 1.16 bits per heavy atom. The number of hydrogen-bond acceptors (Lipinski definition) is 5. The Hall–Kier alpha value is -3.26. The summed E-state index contributed by atoms with van der Waals surface area (Å²) in [5, 5.41) is 5.52. The molecule has 2 N–H and O–H groups in total. The van der Waals surface area contributed by atoms with E-state index in [0.29, 0.717) is 41.9 Å². The SMILES string of the molecule is C#Cc1ccc(F)c(-c2ccc(N3CCCN(c4nc(C)c(S(N)(=O)=O)s4)C3=O)cc2)c1. The highest BCUT2D eigenvalue weighted by Crippen LogP contribution is 2.33. The molecule has 0 aliphatic carbocycles. The van der Waals surface area contributed by atoms with Gasteiger partial charge in [-0.1, -0.05) is 29.4 Å². The highest BCUT2D eigenvalue weighted by molar-refractivity contribution is 7.91. The minimum absolute atomic E-state index is 0.0574. The standard InChI is InChI=1S/C22H19FN4O3S2/c1-3-15-5-10-19(23)18(13-15)16-6-8-17(9-7-16)26-11-4-12-27(22(26)28)21-25-14(2)20(31-21)32(24,29)30/h1,5-10,13H,4,11-12H2,2H3,(H2,24,29,30). The molecule has 32 heavy (non-hydrogen) atoms. The zero-order valence-corrected chi connectivity index (χ0v) is 18.7. The van der Waals surface area contributed by atoms with E-state index in [2.05, 4.69) is 10.9 Å². The van der Waals surface area contributed by atoms with E-state index in [1.807, 2.05) is 0 Å². The Balaban J connectivity index is 1.61. The fourth-order valence-corrected chi connectivity index (χ4v) is 5.51. The van der Waals surface area contributed by atoms with E-state index in [9.17, 15) is 17.6 Å². The molecule has 2 aromatic carbocycles. The largest absolute Gasteiger partial charge is 0.330 e. The van der Waals surface area contributed by atoms with Crippen LogP contribution >= 0.6 is 11.3 Å². The number of thiazole rings is 1. The van der Waals surface area contributed by atoms with Crippen LogP contribution in [0.25, 0.3) is 11.1 Å². The molecule has 0 atom stereocenters. The van der Waals surface area contributed by atoms with Gasteiger partial charge in [-0.25, -0.2) is 27.7 Å². The van der Waals surface area contributed by atoms with E-state index in [4.69, 9.17) is 11.6 Å². The lowest BCUT2D eigenvalue weighted by Crippen LogP contribution is -2.49. The molecule has 1 fully saturated rings. The maximum atomic E-state index is 14.3. The summed E-state index contributed by atoms with van der Waals surface area (Å²) < 4.78 is 37.7. The summed E-state index contributed by atoms with van der Waals surface area (Å²) in [6.45, 7) is 2.44. The van der Waals surface area contributed by atoms with Gasteiger partial charge in [0, 0.05) is 29.9 Å². The molecular formula is C22H19FN4O3S2. The maximum absolute atomic E-state index is 14.3. The van der Waals surface area contributed by atoms with Crippen LogP contribution in [0.1, 0.15) is 17.7 Å². The number of hydrogen-bond donors (Lipinski definition) is 1. The van der Waals surface area contributed by atoms with Crippen molar-refractivity contribution in [2.24, 2.45) is 5.14 Å². The maximum Gasteiger partial charge on any atom is 0.330 e. The first-order chi connectivity index (χ1) is 15.2. The third kappa shape index (κ3) is 4.10. The molecule has 1 aromatic heterocycles. The summed E-state index contributed by atoms with van der Waals surface area (Å²) in [5.41, 5.74) is 2.49. The lowest BCUT2D eigenvalue weighted by molar-refractivity contribution is 0.248. The van der Waals surface area contributed by atoms with E-state index >= 15 is 0 Å². The number of carbonyl (C=O) groups excluding carboxylic acids is 1. The first kappa shape index (κ1) is 22.0. The minimum Gasteiger partial charge on any atom is -0.294 e. The molecule has 3 aromatic rings. The number of nitrogens with two attached hydrogens (primary N) is 1. The van der Waals surface area contributed by atoms with Crippen molar-refractivity contribution >= 4 is 38.2 Å². The van der Waals surface area contributed by atoms with Gasteiger partial charge >= 0.3 is 6.03 Å². The Bertz CT molecular complexity index is 1340. The first-order valence-electron chi connectivity index (χ1n) is 9.65. The zero-order valence-electron chi connectivity index (χ0n) is 17.1. The number of aromatic nitrogens is 1. The first-order valence-corrected chi connectivity index (χ1v) is 12.0. The molecule has 7 nitrogen and oxygen atoms in total. The van der Waals surface area contributed by atoms with Crippen molar-refractivity contribution in [1.29, 1.82) is 0 Å². The van der Waals surface area contributed by atoms with Crippen LogP contribution < -0.4 is 14.9 Å². The van der Waals surface area contributed by atoms with E-state index < -0.39 is 10.0 Å². The molecular weight excluding hydrogens is 451 g/mol. The van der Waals surface area contributed by atoms with Crippen LogP contribution in [-0.2, 0) is 10.0 Å². The van der Waals surface area contributed by atoms with E-state index in [1.165, 1.54) is 17.0 Å². The fourth-order valence-electron chi connectivity index (χ4n) is 3.55. The van der Waals surface area contributed by atoms with E-state index in [0.717, 1.165) is 11.3 Å². The summed E-state index contributed by atoms with van der Waals surface area (Å²) in [6.07, 6.45) is 6.08. The van der Waals surface area contributed by atoms with Crippen LogP contribution in [0.2, 0.25) is 0 Å². The number of terminal acetylenes is 1. The predicted octanol–water partition coefficient (Wildman–Crippen LogP) is 3.72. The second-order valence-corrected chi connectivity index (χ2v) is 9.97. The Labute approximate surface area is 189 Å². The number of halogens is 1. The van der Waals surface area contributed by atoms with Crippen LogP contribution in [0.3, 0.4) is 0 Å². The Kier molecular flexibility index (Phi) is 5.73. The summed E-state index contributed by atoms with van der Waals surface area (Å²) in [7, 11) is -3.91. The number of rotatable bonds is 4. The third-order valence-corrected chi connectivity index (χ3v) is 7.81. The average molecular weight is 471 g/mol. The molecule has 4 rings (SSSR count). The van der Waals surface area contributed by atoms with Gasteiger partial charge in [-0.15, -0.1) is 6.42 Å². The molecule has 0 radical (unpaired) electrons. The molecule has 2 heterocycles. The van der Waals surface area contributed by atoms with E-state index in [1.54, 1.807) is 42.2 Å². The monoisotopic (exact) mass is 470 g/mol. The van der Waals surface area contributed by atoms with Gasteiger partial charge in [-0.2, -0.15) is 0 Å².